The fourth-order valence-electron chi connectivity index (χ4n) is 2.18. The number of nitrogens with one attached hydrogen (secondary N) is 1. The summed E-state index contributed by atoms with van der Waals surface area (Å²) in [6.45, 7) is 3.85. The summed E-state index contributed by atoms with van der Waals surface area (Å²) in [5, 5.41) is 11.8. The molecular weight excluding hydrogens is 310 g/mol. The van der Waals surface area contributed by atoms with Crippen molar-refractivity contribution < 1.29 is 4.79 Å². The van der Waals surface area contributed by atoms with Crippen LogP contribution in [0.1, 0.15) is 11.4 Å². The number of nitrogens with zero attached hydrogens (tertiary/aromatic N) is 4. The fourth-order valence-corrected chi connectivity index (χ4v) is 2.96. The number of thioether (sulfide) groups is 1. The first kappa shape index (κ1) is 15.4. The van der Waals surface area contributed by atoms with Crippen LogP contribution in [0, 0.1) is 13.8 Å². The van der Waals surface area contributed by atoms with E-state index in [-0.39, 0.29) is 11.7 Å². The molecular formula is C16H17N5OS. The molecule has 0 saturated heterocycles. The van der Waals surface area contributed by atoms with Gasteiger partial charge in [0.15, 0.2) is 5.82 Å². The van der Waals surface area contributed by atoms with Gasteiger partial charge in [-0.2, -0.15) is 0 Å². The predicted octanol–water partition coefficient (Wildman–Crippen LogP) is 2.74. The number of amides is 1. The Morgan fingerprint density at radius 2 is 1.87 bits per heavy atom. The number of anilines is 1. The van der Waals surface area contributed by atoms with E-state index in [1.807, 2.05) is 72.0 Å². The lowest BCUT2D eigenvalue weighted by Gasteiger charge is -2.10. The van der Waals surface area contributed by atoms with E-state index in [0.717, 1.165) is 17.1 Å². The molecule has 0 bridgehead atoms. The average molecular weight is 327 g/mol. The van der Waals surface area contributed by atoms with E-state index in [9.17, 15) is 4.79 Å². The molecule has 3 rings (SSSR count). The third-order valence-corrected chi connectivity index (χ3v) is 4.26. The highest BCUT2D eigenvalue weighted by molar-refractivity contribution is 7.99. The Morgan fingerprint density at radius 3 is 2.61 bits per heavy atom. The molecule has 0 fully saturated rings. The van der Waals surface area contributed by atoms with Gasteiger partial charge in [-0.25, -0.2) is 4.68 Å². The Morgan fingerprint density at radius 1 is 1.13 bits per heavy atom. The van der Waals surface area contributed by atoms with Crippen molar-refractivity contribution in [1.82, 2.24) is 19.5 Å². The Labute approximate surface area is 138 Å². The quantitative estimate of drug-likeness (QED) is 0.732. The van der Waals surface area contributed by atoms with Crippen molar-refractivity contribution in [3.05, 3.63) is 60.2 Å². The van der Waals surface area contributed by atoms with Crippen molar-refractivity contribution in [2.45, 2.75) is 19.0 Å². The lowest BCUT2D eigenvalue weighted by molar-refractivity contribution is -0.113. The largest absolute Gasteiger partial charge is 0.325 e. The van der Waals surface area contributed by atoms with E-state index in [1.54, 1.807) is 0 Å². The van der Waals surface area contributed by atoms with Crippen molar-refractivity contribution in [2.24, 2.45) is 0 Å². The van der Waals surface area contributed by atoms with E-state index >= 15 is 0 Å². The summed E-state index contributed by atoms with van der Waals surface area (Å²) in [6.07, 6.45) is 3.82. The molecule has 1 amide bonds. The standard InChI is InChI=1S/C16H17N5OS/c1-12-7-3-4-8-14(12)17-15(22)11-23-16-19-18-13(2)21(16)20-9-5-6-10-20/h3-10H,11H2,1-2H3,(H,17,22). The normalized spacial score (nSPS) is 10.7. The maximum absolute atomic E-state index is 12.1. The molecule has 0 unspecified atom stereocenters. The van der Waals surface area contributed by atoms with Gasteiger partial charge in [0.2, 0.25) is 11.1 Å². The molecule has 118 valence electrons. The van der Waals surface area contributed by atoms with Gasteiger partial charge in [-0.15, -0.1) is 10.2 Å². The number of hydrogen-bond acceptors (Lipinski definition) is 4. The Hall–Kier alpha value is -2.54. The third-order valence-electron chi connectivity index (χ3n) is 3.34. The van der Waals surface area contributed by atoms with Crippen molar-refractivity contribution in [2.75, 3.05) is 11.1 Å². The SMILES string of the molecule is Cc1ccccc1NC(=O)CSc1nnc(C)n1-n1cccc1. The first-order valence-electron chi connectivity index (χ1n) is 7.19. The van der Waals surface area contributed by atoms with Gasteiger partial charge in [-0.1, -0.05) is 30.0 Å². The molecule has 0 aliphatic rings. The van der Waals surface area contributed by atoms with Crippen molar-refractivity contribution in [3.63, 3.8) is 0 Å². The monoisotopic (exact) mass is 327 g/mol. The summed E-state index contributed by atoms with van der Waals surface area (Å²) in [5.41, 5.74) is 1.87. The Kier molecular flexibility index (Phi) is 4.47. The summed E-state index contributed by atoms with van der Waals surface area (Å²) in [4.78, 5) is 12.1. The maximum Gasteiger partial charge on any atom is 0.234 e. The topological polar surface area (TPSA) is 64.7 Å². The second-order valence-corrected chi connectivity index (χ2v) is 6.00. The fraction of sp³-hybridized carbons (Fsp3) is 0.188. The molecule has 7 heteroatoms. The van der Waals surface area contributed by atoms with E-state index in [1.165, 1.54) is 11.8 Å². The molecule has 1 aromatic carbocycles. The van der Waals surface area contributed by atoms with E-state index in [2.05, 4.69) is 15.5 Å². The molecule has 0 radical (unpaired) electrons. The zero-order valence-electron chi connectivity index (χ0n) is 12.9. The maximum atomic E-state index is 12.1. The van der Waals surface area contributed by atoms with Gasteiger partial charge in [0.1, 0.15) is 0 Å². The first-order chi connectivity index (χ1) is 11.1. The van der Waals surface area contributed by atoms with E-state index in [4.69, 9.17) is 0 Å². The number of aromatic nitrogens is 4. The van der Waals surface area contributed by atoms with Crippen LogP contribution in [0.15, 0.2) is 53.9 Å². The van der Waals surface area contributed by atoms with Gasteiger partial charge in [0, 0.05) is 18.1 Å². The minimum absolute atomic E-state index is 0.0657. The second kappa shape index (κ2) is 6.70. The van der Waals surface area contributed by atoms with Gasteiger partial charge in [0.25, 0.3) is 0 Å². The van der Waals surface area contributed by atoms with Crippen molar-refractivity contribution in [1.29, 1.82) is 0 Å². The molecule has 1 N–H and O–H groups in total. The van der Waals surface area contributed by atoms with Crippen LogP contribution >= 0.6 is 11.8 Å². The van der Waals surface area contributed by atoms with Crippen LogP contribution in [0.25, 0.3) is 0 Å². The molecule has 0 aliphatic carbocycles. The average Bonchev–Trinajstić information content (AvgIpc) is 3.17. The van der Waals surface area contributed by atoms with Gasteiger partial charge in [-0.05, 0) is 37.6 Å². The minimum Gasteiger partial charge on any atom is -0.325 e. The van der Waals surface area contributed by atoms with Crippen LogP contribution in [-0.2, 0) is 4.79 Å². The molecule has 2 aromatic heterocycles. The number of benzene rings is 1. The molecule has 0 atom stereocenters. The van der Waals surface area contributed by atoms with Crippen molar-refractivity contribution >= 4 is 23.4 Å². The molecule has 0 spiro atoms. The summed E-state index contributed by atoms with van der Waals surface area (Å²) >= 11 is 1.36. The van der Waals surface area contributed by atoms with E-state index in [0.29, 0.717) is 5.16 Å². The summed E-state index contributed by atoms with van der Waals surface area (Å²) in [7, 11) is 0. The van der Waals surface area contributed by atoms with Crippen LogP contribution < -0.4 is 5.32 Å². The van der Waals surface area contributed by atoms with Gasteiger partial charge < -0.3 is 5.32 Å². The number of carbonyl (C=O) groups is 1. The predicted molar refractivity (Wildman–Crippen MR) is 90.5 cm³/mol. The lowest BCUT2D eigenvalue weighted by Crippen LogP contribution is -2.16. The summed E-state index contributed by atoms with van der Waals surface area (Å²) < 4.78 is 3.75. The minimum atomic E-state index is -0.0657. The van der Waals surface area contributed by atoms with Crippen LogP contribution in [0.3, 0.4) is 0 Å². The number of aryl methyl sites for hydroxylation is 2. The van der Waals surface area contributed by atoms with Crippen LogP contribution in [0.5, 0.6) is 0 Å². The smallest absolute Gasteiger partial charge is 0.234 e. The van der Waals surface area contributed by atoms with Gasteiger partial charge >= 0.3 is 0 Å². The molecule has 0 aliphatic heterocycles. The highest BCUT2D eigenvalue weighted by Gasteiger charge is 2.13. The number of carbonyl (C=O) groups excluding carboxylic acids is 1. The highest BCUT2D eigenvalue weighted by atomic mass is 32.2. The summed E-state index contributed by atoms with van der Waals surface area (Å²) in [5.74, 6) is 0.973. The second-order valence-electron chi connectivity index (χ2n) is 5.06. The highest BCUT2D eigenvalue weighted by Crippen LogP contribution is 2.19. The van der Waals surface area contributed by atoms with Gasteiger partial charge in [0.05, 0.1) is 5.75 Å². The van der Waals surface area contributed by atoms with Crippen LogP contribution in [-0.4, -0.2) is 31.2 Å². The van der Waals surface area contributed by atoms with Crippen LogP contribution in [0.4, 0.5) is 5.69 Å². The number of hydrogen-bond donors (Lipinski definition) is 1. The molecule has 2 heterocycles. The number of para-hydroxylation sites is 1. The third kappa shape index (κ3) is 3.45. The molecule has 3 aromatic rings. The summed E-state index contributed by atoms with van der Waals surface area (Å²) in [6, 6.07) is 11.6. The van der Waals surface area contributed by atoms with Crippen LogP contribution in [0.2, 0.25) is 0 Å². The van der Waals surface area contributed by atoms with Gasteiger partial charge in [-0.3, -0.25) is 9.47 Å². The first-order valence-corrected chi connectivity index (χ1v) is 8.17. The Bertz CT molecular complexity index is 810. The van der Waals surface area contributed by atoms with E-state index < -0.39 is 0 Å². The Balaban J connectivity index is 1.67. The number of rotatable bonds is 5. The molecule has 0 saturated carbocycles. The molecule has 23 heavy (non-hydrogen) atoms. The zero-order valence-corrected chi connectivity index (χ0v) is 13.7. The lowest BCUT2D eigenvalue weighted by atomic mass is 10.2. The zero-order chi connectivity index (χ0) is 16.2. The van der Waals surface area contributed by atoms with Crippen molar-refractivity contribution in [3.8, 4) is 0 Å². The molecule has 6 nitrogen and oxygen atoms in total.